The van der Waals surface area contributed by atoms with Gasteiger partial charge in [0, 0.05) is 31.1 Å². The minimum Gasteiger partial charge on any atom is -0.395 e. The predicted octanol–water partition coefficient (Wildman–Crippen LogP) is 2.51. The average molecular weight is 500 g/mol. The molecule has 2 rings (SSSR count). The molecule has 0 fully saturated rings. The third-order valence-corrected chi connectivity index (χ3v) is 6.34. The maximum absolute atomic E-state index is 13.2. The molecule has 3 amide bonds. The number of nitro groups is 1. The number of hydrogen-bond donors (Lipinski definition) is 3. The molecule has 2 atom stereocenters. The Morgan fingerprint density at radius 2 is 1.67 bits per heavy atom. The number of benzene rings is 2. The van der Waals surface area contributed by atoms with E-state index >= 15 is 0 Å². The summed E-state index contributed by atoms with van der Waals surface area (Å²) >= 11 is 0. The second-order valence-corrected chi connectivity index (χ2v) is 8.55. The van der Waals surface area contributed by atoms with Gasteiger partial charge in [0.05, 0.1) is 11.5 Å². The lowest BCUT2D eigenvalue weighted by Crippen LogP contribution is -2.53. The highest BCUT2D eigenvalue weighted by Gasteiger charge is 2.31. The van der Waals surface area contributed by atoms with E-state index in [1.54, 1.807) is 12.1 Å². The van der Waals surface area contributed by atoms with Crippen molar-refractivity contribution in [1.29, 1.82) is 0 Å². The molecule has 0 saturated carbocycles. The van der Waals surface area contributed by atoms with E-state index in [1.165, 1.54) is 17.0 Å². The van der Waals surface area contributed by atoms with Gasteiger partial charge in [-0.25, -0.2) is 4.79 Å². The smallest absolute Gasteiger partial charge is 0.318 e. The van der Waals surface area contributed by atoms with Gasteiger partial charge in [0.1, 0.15) is 6.04 Å². The number of urea groups is 1. The molecule has 0 saturated heterocycles. The molecule has 0 heterocycles. The highest BCUT2D eigenvalue weighted by molar-refractivity contribution is 5.87. The number of nitrogens with zero attached hydrogens (tertiary/aromatic N) is 3. The van der Waals surface area contributed by atoms with Crippen molar-refractivity contribution in [3.8, 4) is 0 Å². The molecule has 196 valence electrons. The molecule has 0 radical (unpaired) electrons. The summed E-state index contributed by atoms with van der Waals surface area (Å²) in [5.41, 5.74) is 7.43. The van der Waals surface area contributed by atoms with Crippen LogP contribution < -0.4 is 11.1 Å². The molecule has 0 aliphatic rings. The fourth-order valence-electron chi connectivity index (χ4n) is 4.17. The van der Waals surface area contributed by atoms with E-state index in [0.29, 0.717) is 31.5 Å². The number of nitrogens with two attached hydrogens (primary N) is 1. The number of aliphatic hydroxyl groups excluding tert-OH is 1. The highest BCUT2D eigenvalue weighted by Crippen LogP contribution is 2.26. The van der Waals surface area contributed by atoms with Crippen molar-refractivity contribution >= 4 is 17.6 Å². The van der Waals surface area contributed by atoms with Gasteiger partial charge < -0.3 is 26.0 Å². The van der Waals surface area contributed by atoms with Gasteiger partial charge in [0.25, 0.3) is 5.69 Å². The molecule has 2 aromatic carbocycles. The van der Waals surface area contributed by atoms with Crippen molar-refractivity contribution in [3.05, 3.63) is 75.8 Å². The molecular weight excluding hydrogens is 462 g/mol. The number of nitrogens with one attached hydrogen (secondary N) is 1. The second kappa shape index (κ2) is 14.8. The highest BCUT2D eigenvalue weighted by atomic mass is 16.6. The van der Waals surface area contributed by atoms with Crippen LogP contribution in [0.15, 0.2) is 54.6 Å². The second-order valence-electron chi connectivity index (χ2n) is 8.55. The third kappa shape index (κ3) is 8.62. The molecule has 0 spiro atoms. The van der Waals surface area contributed by atoms with E-state index in [1.807, 2.05) is 44.2 Å². The van der Waals surface area contributed by atoms with Crippen molar-refractivity contribution in [1.82, 2.24) is 15.1 Å². The van der Waals surface area contributed by atoms with Crippen LogP contribution in [0.2, 0.25) is 0 Å². The largest absolute Gasteiger partial charge is 0.395 e. The van der Waals surface area contributed by atoms with Crippen LogP contribution in [0.5, 0.6) is 0 Å². The van der Waals surface area contributed by atoms with Gasteiger partial charge in [-0.1, -0.05) is 56.3 Å². The molecule has 0 aromatic heterocycles. The lowest BCUT2D eigenvalue weighted by molar-refractivity contribution is -0.384. The topological polar surface area (TPSA) is 142 Å². The molecule has 0 aliphatic heterocycles. The zero-order valence-electron chi connectivity index (χ0n) is 21.0. The van der Waals surface area contributed by atoms with E-state index < -0.39 is 28.8 Å². The summed E-state index contributed by atoms with van der Waals surface area (Å²) in [5, 5.41) is 23.4. The number of amides is 3. The Bertz CT molecular complexity index is 966. The fraction of sp³-hybridized carbons (Fsp3) is 0.462. The summed E-state index contributed by atoms with van der Waals surface area (Å²) in [6.07, 6.45) is 1.10. The number of carbonyl (C=O) groups is 2. The number of aliphatic hydroxyl groups is 1. The molecule has 36 heavy (non-hydrogen) atoms. The van der Waals surface area contributed by atoms with Gasteiger partial charge in [-0.15, -0.1) is 0 Å². The van der Waals surface area contributed by atoms with E-state index in [0.717, 1.165) is 18.7 Å². The Kier molecular flexibility index (Phi) is 11.8. The zero-order valence-corrected chi connectivity index (χ0v) is 21.0. The fourth-order valence-corrected chi connectivity index (χ4v) is 4.17. The first-order valence-electron chi connectivity index (χ1n) is 12.3. The zero-order chi connectivity index (χ0) is 26.5. The molecule has 0 bridgehead atoms. The molecule has 10 heteroatoms. The van der Waals surface area contributed by atoms with Crippen molar-refractivity contribution in [3.63, 3.8) is 0 Å². The SMILES string of the molecule is CCN(CC)CCC(c1ccc([N+](=O)[O-])cc1)C(NC(=O)N(CCO)CCc1ccccc1)C(N)=O. The Labute approximate surface area is 212 Å². The van der Waals surface area contributed by atoms with Gasteiger partial charge in [0.2, 0.25) is 5.91 Å². The minimum absolute atomic E-state index is 0.0593. The number of hydrogen-bond acceptors (Lipinski definition) is 6. The molecule has 2 unspecified atom stereocenters. The van der Waals surface area contributed by atoms with Crippen LogP contribution in [0, 0.1) is 10.1 Å². The Morgan fingerprint density at radius 3 is 2.19 bits per heavy atom. The number of nitro benzene ring substituents is 1. The van der Waals surface area contributed by atoms with E-state index in [-0.39, 0.29) is 18.8 Å². The average Bonchev–Trinajstić information content (AvgIpc) is 2.88. The monoisotopic (exact) mass is 499 g/mol. The molecule has 10 nitrogen and oxygen atoms in total. The third-order valence-electron chi connectivity index (χ3n) is 6.34. The molecule has 0 aliphatic carbocycles. The summed E-state index contributed by atoms with van der Waals surface area (Å²) in [5.74, 6) is -1.18. The van der Waals surface area contributed by atoms with Crippen molar-refractivity contribution in [2.45, 2.75) is 38.6 Å². The van der Waals surface area contributed by atoms with Crippen molar-refractivity contribution in [2.24, 2.45) is 5.73 Å². The predicted molar refractivity (Wildman–Crippen MR) is 139 cm³/mol. The van der Waals surface area contributed by atoms with Crippen LogP contribution in [0.3, 0.4) is 0 Å². The standard InChI is InChI=1S/C26H37N5O5/c1-3-29(4-2)16-15-23(21-10-12-22(13-11-21)31(35)36)24(25(27)33)28-26(34)30(18-19-32)17-14-20-8-6-5-7-9-20/h5-13,23-24,32H,3-4,14-19H2,1-2H3,(H2,27,33)(H,28,34). The van der Waals surface area contributed by atoms with E-state index in [2.05, 4.69) is 10.2 Å². The molecule has 4 N–H and O–H groups in total. The van der Waals surface area contributed by atoms with Gasteiger partial charge in [-0.05, 0) is 43.6 Å². The lowest BCUT2D eigenvalue weighted by atomic mass is 9.87. The summed E-state index contributed by atoms with van der Waals surface area (Å²) < 4.78 is 0. The number of primary amides is 1. The summed E-state index contributed by atoms with van der Waals surface area (Å²) in [7, 11) is 0. The van der Waals surface area contributed by atoms with E-state index in [9.17, 15) is 24.8 Å². The first-order valence-corrected chi connectivity index (χ1v) is 12.3. The molecule has 2 aromatic rings. The first kappa shape index (κ1) is 28.7. The Morgan fingerprint density at radius 1 is 1.03 bits per heavy atom. The number of rotatable bonds is 15. The van der Waals surface area contributed by atoms with Crippen LogP contribution in [-0.4, -0.2) is 77.1 Å². The van der Waals surface area contributed by atoms with Gasteiger partial charge in [-0.3, -0.25) is 14.9 Å². The van der Waals surface area contributed by atoms with Crippen LogP contribution >= 0.6 is 0 Å². The minimum atomic E-state index is -1.03. The lowest BCUT2D eigenvalue weighted by Gasteiger charge is -2.31. The van der Waals surface area contributed by atoms with Gasteiger partial charge in [-0.2, -0.15) is 0 Å². The maximum Gasteiger partial charge on any atom is 0.318 e. The number of non-ortho nitro benzene ring substituents is 1. The Balaban J connectivity index is 2.26. The van der Waals surface area contributed by atoms with Crippen molar-refractivity contribution < 1.29 is 19.6 Å². The summed E-state index contributed by atoms with van der Waals surface area (Å²) in [4.78, 5) is 40.1. The van der Waals surface area contributed by atoms with Gasteiger partial charge >= 0.3 is 6.03 Å². The normalized spacial score (nSPS) is 12.7. The summed E-state index contributed by atoms with van der Waals surface area (Å²) in [6, 6.07) is 14.1. The van der Waals surface area contributed by atoms with Crippen LogP contribution in [0.1, 0.15) is 37.3 Å². The molecular formula is C26H37N5O5. The maximum atomic E-state index is 13.2. The van der Waals surface area contributed by atoms with Crippen LogP contribution in [-0.2, 0) is 11.2 Å². The summed E-state index contributed by atoms with van der Waals surface area (Å²) in [6.45, 7) is 6.60. The van der Waals surface area contributed by atoms with Crippen LogP contribution in [0.25, 0.3) is 0 Å². The van der Waals surface area contributed by atoms with Crippen LogP contribution in [0.4, 0.5) is 10.5 Å². The van der Waals surface area contributed by atoms with Crippen molar-refractivity contribution in [2.75, 3.05) is 39.3 Å². The van der Waals surface area contributed by atoms with E-state index in [4.69, 9.17) is 5.73 Å². The van der Waals surface area contributed by atoms with Gasteiger partial charge in [0.15, 0.2) is 0 Å². The quantitative estimate of drug-likeness (QED) is 0.254. The first-order chi connectivity index (χ1) is 17.3. The number of carbonyl (C=O) groups excluding carboxylic acids is 2. The Hall–Kier alpha value is -3.50.